The van der Waals surface area contributed by atoms with Gasteiger partial charge in [0, 0.05) is 10.5 Å². The molecule has 0 fully saturated rings. The van der Waals surface area contributed by atoms with Gasteiger partial charge in [-0.3, -0.25) is 0 Å². The van der Waals surface area contributed by atoms with Crippen LogP contribution in [0.15, 0.2) is 45.3 Å². The SMILES string of the molecule is CNC(Cc1ccc(F)c(Br)c1)c1ccc(C)cc1Br. The first-order valence-corrected chi connectivity index (χ1v) is 7.97. The molecular formula is C16H16Br2FN. The minimum atomic E-state index is -0.230. The van der Waals surface area contributed by atoms with Crippen LogP contribution in [0.5, 0.6) is 0 Å². The van der Waals surface area contributed by atoms with Gasteiger partial charge in [-0.1, -0.05) is 34.1 Å². The van der Waals surface area contributed by atoms with Crippen LogP contribution in [0.2, 0.25) is 0 Å². The van der Waals surface area contributed by atoms with Crippen LogP contribution < -0.4 is 5.32 Å². The molecule has 1 atom stereocenters. The second kappa shape index (κ2) is 6.83. The molecule has 0 aliphatic rings. The number of hydrogen-bond donors (Lipinski definition) is 1. The Hall–Kier alpha value is -0.710. The van der Waals surface area contributed by atoms with Gasteiger partial charge in [-0.05, 0) is 71.2 Å². The van der Waals surface area contributed by atoms with Crippen LogP contribution in [0.3, 0.4) is 0 Å². The molecule has 1 unspecified atom stereocenters. The van der Waals surface area contributed by atoms with E-state index in [1.165, 1.54) is 17.2 Å². The lowest BCUT2D eigenvalue weighted by molar-refractivity contribution is 0.585. The summed E-state index contributed by atoms with van der Waals surface area (Å²) in [4.78, 5) is 0. The van der Waals surface area contributed by atoms with Gasteiger partial charge in [-0.15, -0.1) is 0 Å². The van der Waals surface area contributed by atoms with E-state index in [0.717, 1.165) is 16.5 Å². The van der Waals surface area contributed by atoms with Crippen molar-refractivity contribution in [3.05, 3.63) is 67.9 Å². The Morgan fingerprint density at radius 3 is 2.45 bits per heavy atom. The van der Waals surface area contributed by atoms with Crippen LogP contribution in [0.4, 0.5) is 4.39 Å². The van der Waals surface area contributed by atoms with E-state index in [1.54, 1.807) is 0 Å². The summed E-state index contributed by atoms with van der Waals surface area (Å²) in [5, 5.41) is 3.32. The number of rotatable bonds is 4. The minimum Gasteiger partial charge on any atom is -0.313 e. The molecule has 2 rings (SSSR count). The molecule has 0 aromatic heterocycles. The van der Waals surface area contributed by atoms with E-state index in [0.29, 0.717) is 4.47 Å². The highest BCUT2D eigenvalue weighted by Crippen LogP contribution is 2.28. The summed E-state index contributed by atoms with van der Waals surface area (Å²) in [6.45, 7) is 2.07. The van der Waals surface area contributed by atoms with Crippen molar-refractivity contribution < 1.29 is 4.39 Å². The van der Waals surface area contributed by atoms with Crippen LogP contribution >= 0.6 is 31.9 Å². The first-order valence-electron chi connectivity index (χ1n) is 6.38. The molecule has 0 amide bonds. The first-order chi connectivity index (χ1) is 9.51. The number of hydrogen-bond acceptors (Lipinski definition) is 1. The van der Waals surface area contributed by atoms with E-state index in [-0.39, 0.29) is 11.9 Å². The maximum atomic E-state index is 13.3. The number of aryl methyl sites for hydroxylation is 1. The van der Waals surface area contributed by atoms with Crippen molar-refractivity contribution in [1.82, 2.24) is 5.32 Å². The van der Waals surface area contributed by atoms with Crippen molar-refractivity contribution in [3.63, 3.8) is 0 Å². The van der Waals surface area contributed by atoms with Gasteiger partial charge >= 0.3 is 0 Å². The Balaban J connectivity index is 2.26. The van der Waals surface area contributed by atoms with Crippen LogP contribution in [0.25, 0.3) is 0 Å². The molecule has 106 valence electrons. The Kier molecular flexibility index (Phi) is 5.35. The fourth-order valence-electron chi connectivity index (χ4n) is 2.18. The summed E-state index contributed by atoms with van der Waals surface area (Å²) in [5.41, 5.74) is 3.52. The molecule has 2 aromatic rings. The van der Waals surface area contributed by atoms with Crippen molar-refractivity contribution >= 4 is 31.9 Å². The van der Waals surface area contributed by atoms with Gasteiger partial charge in [0.15, 0.2) is 0 Å². The number of halogens is 3. The van der Waals surface area contributed by atoms with Gasteiger partial charge in [-0.2, -0.15) is 0 Å². The standard InChI is InChI=1S/C16H16Br2FN/c1-10-3-5-12(13(17)7-10)16(20-2)9-11-4-6-15(19)14(18)8-11/h3-8,16,20H,9H2,1-2H3. The molecule has 0 aliphatic heterocycles. The normalized spacial score (nSPS) is 12.4. The molecular weight excluding hydrogens is 385 g/mol. The molecule has 0 radical (unpaired) electrons. The van der Waals surface area contributed by atoms with Crippen molar-refractivity contribution in [2.75, 3.05) is 7.05 Å². The van der Waals surface area contributed by atoms with Gasteiger partial charge in [0.1, 0.15) is 5.82 Å². The highest BCUT2D eigenvalue weighted by Gasteiger charge is 2.14. The highest BCUT2D eigenvalue weighted by molar-refractivity contribution is 9.10. The summed E-state index contributed by atoms with van der Waals surface area (Å²) < 4.78 is 14.9. The van der Waals surface area contributed by atoms with Crippen molar-refractivity contribution in [2.24, 2.45) is 0 Å². The largest absolute Gasteiger partial charge is 0.313 e. The predicted molar refractivity (Wildman–Crippen MR) is 88.5 cm³/mol. The fraction of sp³-hybridized carbons (Fsp3) is 0.250. The zero-order valence-electron chi connectivity index (χ0n) is 11.4. The quantitative estimate of drug-likeness (QED) is 0.747. The average molecular weight is 401 g/mol. The Bertz CT molecular complexity index is 613. The summed E-state index contributed by atoms with van der Waals surface area (Å²) >= 11 is 6.85. The van der Waals surface area contributed by atoms with E-state index in [4.69, 9.17) is 0 Å². The molecule has 0 saturated heterocycles. The zero-order valence-corrected chi connectivity index (χ0v) is 14.6. The molecule has 0 heterocycles. The fourth-order valence-corrected chi connectivity index (χ4v) is 3.38. The van der Waals surface area contributed by atoms with Crippen molar-refractivity contribution in [2.45, 2.75) is 19.4 Å². The lowest BCUT2D eigenvalue weighted by atomic mass is 9.98. The molecule has 20 heavy (non-hydrogen) atoms. The van der Waals surface area contributed by atoms with E-state index in [1.807, 2.05) is 19.2 Å². The summed E-state index contributed by atoms with van der Waals surface area (Å²) in [7, 11) is 1.94. The van der Waals surface area contributed by atoms with Gasteiger partial charge < -0.3 is 5.32 Å². The highest BCUT2D eigenvalue weighted by atomic mass is 79.9. The molecule has 0 spiro atoms. The van der Waals surface area contributed by atoms with Gasteiger partial charge in [0.25, 0.3) is 0 Å². The van der Waals surface area contributed by atoms with Crippen molar-refractivity contribution in [1.29, 1.82) is 0 Å². The predicted octanol–water partition coefficient (Wildman–Crippen LogP) is 5.16. The lowest BCUT2D eigenvalue weighted by Crippen LogP contribution is -2.19. The van der Waals surface area contributed by atoms with Gasteiger partial charge in [-0.25, -0.2) is 4.39 Å². The van der Waals surface area contributed by atoms with E-state index < -0.39 is 0 Å². The molecule has 0 saturated carbocycles. The Labute approximate surface area is 135 Å². The smallest absolute Gasteiger partial charge is 0.137 e. The molecule has 0 aliphatic carbocycles. The van der Waals surface area contributed by atoms with Crippen molar-refractivity contribution in [3.8, 4) is 0 Å². The second-order valence-corrected chi connectivity index (χ2v) is 6.53. The Morgan fingerprint density at radius 1 is 1.10 bits per heavy atom. The lowest BCUT2D eigenvalue weighted by Gasteiger charge is -2.19. The van der Waals surface area contributed by atoms with Crippen LogP contribution in [0.1, 0.15) is 22.7 Å². The third-order valence-corrected chi connectivity index (χ3v) is 4.60. The maximum Gasteiger partial charge on any atom is 0.137 e. The summed E-state index contributed by atoms with van der Waals surface area (Å²) in [6, 6.07) is 11.7. The summed E-state index contributed by atoms with van der Waals surface area (Å²) in [5.74, 6) is -0.230. The minimum absolute atomic E-state index is 0.183. The maximum absolute atomic E-state index is 13.3. The third kappa shape index (κ3) is 3.68. The van der Waals surface area contributed by atoms with E-state index in [9.17, 15) is 4.39 Å². The van der Waals surface area contributed by atoms with Crippen LogP contribution in [-0.4, -0.2) is 7.05 Å². The van der Waals surface area contributed by atoms with Gasteiger partial charge in [0.2, 0.25) is 0 Å². The van der Waals surface area contributed by atoms with Gasteiger partial charge in [0.05, 0.1) is 4.47 Å². The zero-order chi connectivity index (χ0) is 14.7. The Morgan fingerprint density at radius 2 is 1.85 bits per heavy atom. The van der Waals surface area contributed by atoms with Crippen LogP contribution in [0, 0.1) is 12.7 Å². The monoisotopic (exact) mass is 399 g/mol. The number of likely N-dealkylation sites (N-methyl/N-ethyl adjacent to an activating group) is 1. The van der Waals surface area contributed by atoms with Crippen LogP contribution in [-0.2, 0) is 6.42 Å². The van der Waals surface area contributed by atoms with E-state index in [2.05, 4.69) is 62.3 Å². The molecule has 1 nitrogen and oxygen atoms in total. The molecule has 0 bridgehead atoms. The topological polar surface area (TPSA) is 12.0 Å². The number of benzene rings is 2. The number of nitrogens with one attached hydrogen (secondary N) is 1. The molecule has 4 heteroatoms. The first kappa shape index (κ1) is 15.7. The molecule has 2 aromatic carbocycles. The second-order valence-electron chi connectivity index (χ2n) is 4.82. The third-order valence-electron chi connectivity index (χ3n) is 3.30. The summed E-state index contributed by atoms with van der Waals surface area (Å²) in [6.07, 6.45) is 0.803. The van der Waals surface area contributed by atoms with E-state index >= 15 is 0 Å². The average Bonchev–Trinajstić information content (AvgIpc) is 2.41. The molecule has 1 N–H and O–H groups in total.